The Bertz CT molecular complexity index is 1240. The van der Waals surface area contributed by atoms with E-state index in [1.54, 1.807) is 5.19 Å². The Balaban J connectivity index is 2.00. The number of fused-ring (bicyclic) bond motifs is 1. The standard InChI is InChI=1S/C33H44OSi2/c1-9-36(10-2,29-21-15-19-27-18-14-20-28(27)29)31-23-25(3)22-30(35(7,8)33(4,5)6)32(31)34-24-26-16-12-11-13-17-26/h11-17,19-23H,9-10,18,24H2,1-8H3. The summed E-state index contributed by atoms with van der Waals surface area (Å²) in [7, 11) is -3.96. The lowest BCUT2D eigenvalue weighted by Crippen LogP contribution is -2.61. The van der Waals surface area contributed by atoms with E-state index >= 15 is 0 Å². The smallest absolute Gasteiger partial charge is 0.123 e. The molecule has 1 aliphatic carbocycles. The molecule has 0 N–H and O–H groups in total. The number of ether oxygens (including phenoxy) is 1. The van der Waals surface area contributed by atoms with Gasteiger partial charge in [0.1, 0.15) is 20.4 Å². The van der Waals surface area contributed by atoms with Crippen molar-refractivity contribution in [3.63, 3.8) is 0 Å². The molecule has 0 bridgehead atoms. The maximum absolute atomic E-state index is 6.99. The van der Waals surface area contributed by atoms with Crippen LogP contribution in [0.1, 0.15) is 56.9 Å². The van der Waals surface area contributed by atoms with Gasteiger partial charge in [-0.15, -0.1) is 0 Å². The summed E-state index contributed by atoms with van der Waals surface area (Å²) in [6.07, 6.45) is 5.77. The van der Waals surface area contributed by atoms with E-state index in [1.165, 1.54) is 50.5 Å². The Kier molecular flexibility index (Phi) is 7.55. The molecule has 0 aliphatic heterocycles. The van der Waals surface area contributed by atoms with Gasteiger partial charge >= 0.3 is 0 Å². The summed E-state index contributed by atoms with van der Waals surface area (Å²) < 4.78 is 6.99. The maximum atomic E-state index is 6.99. The minimum atomic E-state index is -2.09. The van der Waals surface area contributed by atoms with Crippen LogP contribution in [-0.2, 0) is 13.0 Å². The van der Waals surface area contributed by atoms with Crippen molar-refractivity contribution in [2.24, 2.45) is 0 Å². The van der Waals surface area contributed by atoms with Crippen LogP contribution < -0.4 is 20.3 Å². The zero-order valence-corrected chi connectivity index (χ0v) is 25.7. The van der Waals surface area contributed by atoms with Crippen molar-refractivity contribution >= 4 is 37.8 Å². The first-order valence-corrected chi connectivity index (χ1v) is 19.1. The van der Waals surface area contributed by atoms with E-state index in [9.17, 15) is 0 Å². The number of benzene rings is 3. The summed E-state index contributed by atoms with van der Waals surface area (Å²) >= 11 is 0. The Labute approximate surface area is 221 Å². The minimum absolute atomic E-state index is 0.225. The number of hydrogen-bond acceptors (Lipinski definition) is 1. The van der Waals surface area contributed by atoms with Gasteiger partial charge in [0, 0.05) is 0 Å². The molecule has 4 rings (SSSR count). The highest BCUT2D eigenvalue weighted by molar-refractivity contribution is 7.04. The number of aryl methyl sites for hydroxylation is 1. The molecule has 0 aromatic heterocycles. The molecular formula is C33H44OSi2. The van der Waals surface area contributed by atoms with Crippen molar-refractivity contribution in [1.82, 2.24) is 0 Å². The number of allylic oxidation sites excluding steroid dienone is 1. The molecular weight excluding hydrogens is 469 g/mol. The van der Waals surface area contributed by atoms with Gasteiger partial charge < -0.3 is 4.74 Å². The molecule has 0 unspecified atom stereocenters. The fraction of sp³-hybridized carbons (Fsp3) is 0.394. The second kappa shape index (κ2) is 10.2. The predicted octanol–water partition coefficient (Wildman–Crippen LogP) is 7.46. The summed E-state index contributed by atoms with van der Waals surface area (Å²) in [6.45, 7) is 20.1. The zero-order chi connectivity index (χ0) is 26.1. The van der Waals surface area contributed by atoms with Crippen molar-refractivity contribution < 1.29 is 4.74 Å². The van der Waals surface area contributed by atoms with Crippen LogP contribution in [0, 0.1) is 6.92 Å². The molecule has 0 saturated heterocycles. The molecule has 1 aliphatic rings. The Morgan fingerprint density at radius 2 is 1.50 bits per heavy atom. The Morgan fingerprint density at radius 1 is 0.833 bits per heavy atom. The maximum Gasteiger partial charge on any atom is 0.123 e. The molecule has 0 fully saturated rings. The van der Waals surface area contributed by atoms with Gasteiger partial charge in [0.25, 0.3) is 0 Å². The number of rotatable bonds is 8. The molecule has 36 heavy (non-hydrogen) atoms. The minimum Gasteiger partial charge on any atom is -0.489 e. The summed E-state index contributed by atoms with van der Waals surface area (Å²) in [5.74, 6) is 1.20. The lowest BCUT2D eigenvalue weighted by atomic mass is 10.1. The molecule has 0 amide bonds. The highest BCUT2D eigenvalue weighted by atomic mass is 28.3. The summed E-state index contributed by atoms with van der Waals surface area (Å²) in [5, 5.41) is 4.82. The first kappa shape index (κ1) is 26.7. The molecule has 190 valence electrons. The van der Waals surface area contributed by atoms with Crippen LogP contribution in [-0.4, -0.2) is 16.1 Å². The van der Waals surface area contributed by atoms with Gasteiger partial charge in [-0.05, 0) is 50.6 Å². The summed E-state index contributed by atoms with van der Waals surface area (Å²) in [5.41, 5.74) is 5.57. The van der Waals surface area contributed by atoms with E-state index in [0.29, 0.717) is 6.61 Å². The molecule has 0 saturated carbocycles. The van der Waals surface area contributed by atoms with Crippen LogP contribution in [0.25, 0.3) is 6.08 Å². The van der Waals surface area contributed by atoms with E-state index in [2.05, 4.69) is 127 Å². The van der Waals surface area contributed by atoms with E-state index in [4.69, 9.17) is 4.74 Å². The second-order valence-corrected chi connectivity index (χ2v) is 22.1. The van der Waals surface area contributed by atoms with Crippen LogP contribution in [0.5, 0.6) is 5.75 Å². The fourth-order valence-corrected chi connectivity index (χ4v) is 12.7. The highest BCUT2D eigenvalue weighted by Crippen LogP contribution is 2.38. The van der Waals surface area contributed by atoms with Crippen LogP contribution in [0.3, 0.4) is 0 Å². The summed E-state index contributed by atoms with van der Waals surface area (Å²) in [6, 6.07) is 25.0. The predicted molar refractivity (Wildman–Crippen MR) is 164 cm³/mol. The van der Waals surface area contributed by atoms with Crippen molar-refractivity contribution in [3.05, 3.63) is 89.0 Å². The molecule has 0 atom stereocenters. The first-order chi connectivity index (χ1) is 17.0. The average molecular weight is 513 g/mol. The zero-order valence-electron chi connectivity index (χ0n) is 23.7. The van der Waals surface area contributed by atoms with E-state index < -0.39 is 16.1 Å². The molecule has 3 aromatic carbocycles. The van der Waals surface area contributed by atoms with Gasteiger partial charge in [0.05, 0.1) is 8.07 Å². The van der Waals surface area contributed by atoms with Gasteiger partial charge in [-0.2, -0.15) is 0 Å². The SMILES string of the molecule is CC[Si](CC)(c1cccc2c1C=CC2)c1cc(C)cc([Si](C)(C)C(C)(C)C)c1OCc1ccccc1. The van der Waals surface area contributed by atoms with Crippen molar-refractivity contribution in [1.29, 1.82) is 0 Å². The highest BCUT2D eigenvalue weighted by Gasteiger charge is 2.44. The quantitative estimate of drug-likeness (QED) is 0.285. The van der Waals surface area contributed by atoms with Gasteiger partial charge in [-0.3, -0.25) is 0 Å². The second-order valence-electron chi connectivity index (χ2n) is 12.1. The fourth-order valence-electron chi connectivity index (χ4n) is 5.75. The van der Waals surface area contributed by atoms with Gasteiger partial charge in [-0.1, -0.05) is 138 Å². The Hall–Kier alpha value is -2.37. The third kappa shape index (κ3) is 4.68. The first-order valence-electron chi connectivity index (χ1n) is 13.7. The largest absolute Gasteiger partial charge is 0.489 e. The van der Waals surface area contributed by atoms with Gasteiger partial charge in [0.15, 0.2) is 0 Å². The van der Waals surface area contributed by atoms with Crippen LogP contribution in [0.15, 0.2) is 66.7 Å². The van der Waals surface area contributed by atoms with E-state index in [-0.39, 0.29) is 5.04 Å². The van der Waals surface area contributed by atoms with Crippen molar-refractivity contribution in [3.8, 4) is 5.75 Å². The lowest BCUT2D eigenvalue weighted by Gasteiger charge is -2.41. The lowest BCUT2D eigenvalue weighted by molar-refractivity contribution is 0.310. The van der Waals surface area contributed by atoms with Gasteiger partial charge in [0.2, 0.25) is 0 Å². The van der Waals surface area contributed by atoms with E-state index in [0.717, 1.165) is 6.42 Å². The average Bonchev–Trinajstić information content (AvgIpc) is 3.34. The Morgan fingerprint density at radius 3 is 2.14 bits per heavy atom. The third-order valence-corrected chi connectivity index (χ3v) is 19.8. The monoisotopic (exact) mass is 512 g/mol. The van der Waals surface area contributed by atoms with Crippen LogP contribution >= 0.6 is 0 Å². The molecule has 0 radical (unpaired) electrons. The van der Waals surface area contributed by atoms with Crippen LogP contribution in [0.4, 0.5) is 0 Å². The molecule has 0 heterocycles. The molecule has 0 spiro atoms. The summed E-state index contributed by atoms with van der Waals surface area (Å²) in [4.78, 5) is 0. The van der Waals surface area contributed by atoms with Crippen LogP contribution in [0.2, 0.25) is 30.2 Å². The van der Waals surface area contributed by atoms with Crippen molar-refractivity contribution in [2.75, 3.05) is 0 Å². The van der Waals surface area contributed by atoms with Crippen molar-refractivity contribution in [2.45, 2.75) is 84.8 Å². The topological polar surface area (TPSA) is 9.23 Å². The van der Waals surface area contributed by atoms with Gasteiger partial charge in [-0.25, -0.2) is 0 Å². The number of hydrogen-bond donors (Lipinski definition) is 0. The molecule has 3 heteroatoms. The molecule has 1 nitrogen and oxygen atoms in total. The third-order valence-electron chi connectivity index (χ3n) is 9.06. The van der Waals surface area contributed by atoms with E-state index in [1.807, 2.05) is 0 Å². The normalized spacial score (nSPS) is 13.7. The molecule has 3 aromatic rings.